The Balaban J connectivity index is 2.91. The Hall–Kier alpha value is -0.170. The van der Waals surface area contributed by atoms with Gasteiger partial charge in [0, 0.05) is 5.88 Å². The molecule has 0 aliphatic heterocycles. The quantitative estimate of drug-likeness (QED) is 0.660. The second-order valence-electron chi connectivity index (χ2n) is 2.99. The fourth-order valence-corrected chi connectivity index (χ4v) is 1.54. The maximum absolute atomic E-state index is 5.91. The van der Waals surface area contributed by atoms with E-state index >= 15 is 0 Å². The van der Waals surface area contributed by atoms with Gasteiger partial charge in [-0.05, 0) is 36.6 Å². The first-order valence-corrected chi connectivity index (χ1v) is 5.62. The van der Waals surface area contributed by atoms with Crippen LogP contribution >= 0.6 is 34.8 Å². The molecule has 0 aliphatic carbocycles. The van der Waals surface area contributed by atoms with Gasteiger partial charge in [0.1, 0.15) is 0 Å². The summed E-state index contributed by atoms with van der Waals surface area (Å²) in [6, 6.07) is 5.62. The SMILES string of the molecule is CC(=CCCCl)c1ccc(Cl)c(Cl)c1. The van der Waals surface area contributed by atoms with Gasteiger partial charge in [0.15, 0.2) is 0 Å². The predicted octanol–water partition coefficient (Wildman–Crippen LogP) is 5.03. The summed E-state index contributed by atoms with van der Waals surface area (Å²) in [4.78, 5) is 0. The van der Waals surface area contributed by atoms with Crippen LogP contribution in [0.25, 0.3) is 5.57 Å². The summed E-state index contributed by atoms with van der Waals surface area (Å²) in [7, 11) is 0. The van der Waals surface area contributed by atoms with Crippen molar-refractivity contribution in [3.8, 4) is 0 Å². The van der Waals surface area contributed by atoms with Crippen LogP contribution in [-0.4, -0.2) is 5.88 Å². The first kappa shape index (κ1) is 11.9. The van der Waals surface area contributed by atoms with Crippen LogP contribution in [0, 0.1) is 0 Å². The maximum Gasteiger partial charge on any atom is 0.0598 e. The van der Waals surface area contributed by atoms with Crippen molar-refractivity contribution in [2.45, 2.75) is 13.3 Å². The van der Waals surface area contributed by atoms with Crippen LogP contribution in [0.2, 0.25) is 10.0 Å². The van der Waals surface area contributed by atoms with Crippen molar-refractivity contribution in [1.82, 2.24) is 0 Å². The molecule has 0 aliphatic rings. The minimum atomic E-state index is 0.584. The van der Waals surface area contributed by atoms with Gasteiger partial charge >= 0.3 is 0 Å². The van der Waals surface area contributed by atoms with Crippen LogP contribution in [0.3, 0.4) is 0 Å². The van der Waals surface area contributed by atoms with E-state index in [9.17, 15) is 0 Å². The summed E-state index contributed by atoms with van der Waals surface area (Å²) in [5.41, 5.74) is 2.26. The Kier molecular flexibility index (Phi) is 4.80. The molecule has 3 heteroatoms. The van der Waals surface area contributed by atoms with Gasteiger partial charge in [0.25, 0.3) is 0 Å². The largest absolute Gasteiger partial charge is 0.126 e. The highest BCUT2D eigenvalue weighted by Gasteiger charge is 2.00. The lowest BCUT2D eigenvalue weighted by molar-refractivity contribution is 1.23. The summed E-state index contributed by atoms with van der Waals surface area (Å²) in [6.07, 6.45) is 2.96. The maximum atomic E-state index is 5.91. The fourth-order valence-electron chi connectivity index (χ4n) is 1.13. The molecule has 0 nitrogen and oxygen atoms in total. The second-order valence-corrected chi connectivity index (χ2v) is 4.19. The molecule has 0 saturated carbocycles. The molecule has 76 valence electrons. The number of benzene rings is 1. The molecule has 0 N–H and O–H groups in total. The van der Waals surface area contributed by atoms with E-state index in [0.717, 1.165) is 12.0 Å². The number of hydrogen-bond acceptors (Lipinski definition) is 0. The zero-order valence-electron chi connectivity index (χ0n) is 7.86. The Labute approximate surface area is 99.5 Å². The van der Waals surface area contributed by atoms with Crippen molar-refractivity contribution in [3.05, 3.63) is 39.9 Å². The minimum absolute atomic E-state index is 0.584. The summed E-state index contributed by atoms with van der Waals surface area (Å²) in [6.45, 7) is 2.03. The third kappa shape index (κ3) is 3.20. The monoisotopic (exact) mass is 248 g/mol. The second kappa shape index (κ2) is 5.65. The van der Waals surface area contributed by atoms with Crippen LogP contribution in [0.15, 0.2) is 24.3 Å². The number of allylic oxidation sites excluding steroid dienone is 2. The average molecular weight is 250 g/mol. The molecule has 0 fully saturated rings. The Morgan fingerprint density at radius 2 is 2.00 bits per heavy atom. The number of rotatable bonds is 3. The van der Waals surface area contributed by atoms with Crippen molar-refractivity contribution in [2.24, 2.45) is 0 Å². The van der Waals surface area contributed by atoms with Crippen LogP contribution in [0.4, 0.5) is 0 Å². The molecule has 0 unspecified atom stereocenters. The van der Waals surface area contributed by atoms with Gasteiger partial charge in [-0.2, -0.15) is 0 Å². The normalized spacial score (nSPS) is 11.9. The van der Waals surface area contributed by atoms with Crippen molar-refractivity contribution in [3.63, 3.8) is 0 Å². The summed E-state index contributed by atoms with van der Waals surface area (Å²) < 4.78 is 0. The molecule has 0 aromatic heterocycles. The standard InChI is InChI=1S/C11H11Cl3/c1-8(3-2-6-12)9-4-5-10(13)11(14)7-9/h3-5,7H,2,6H2,1H3. The highest BCUT2D eigenvalue weighted by molar-refractivity contribution is 6.42. The first-order valence-electron chi connectivity index (χ1n) is 4.33. The van der Waals surface area contributed by atoms with E-state index in [1.807, 2.05) is 19.1 Å². The molecule has 14 heavy (non-hydrogen) atoms. The first-order chi connectivity index (χ1) is 6.65. The molecule has 1 aromatic rings. The van der Waals surface area contributed by atoms with E-state index in [1.165, 1.54) is 5.57 Å². The van der Waals surface area contributed by atoms with Gasteiger partial charge in [0.2, 0.25) is 0 Å². The van der Waals surface area contributed by atoms with Gasteiger partial charge < -0.3 is 0 Å². The van der Waals surface area contributed by atoms with Crippen LogP contribution in [-0.2, 0) is 0 Å². The number of alkyl halides is 1. The van der Waals surface area contributed by atoms with Crippen LogP contribution in [0.5, 0.6) is 0 Å². The lowest BCUT2D eigenvalue weighted by Crippen LogP contribution is -1.81. The van der Waals surface area contributed by atoms with Gasteiger partial charge in [-0.15, -0.1) is 11.6 Å². The van der Waals surface area contributed by atoms with Gasteiger partial charge in [-0.25, -0.2) is 0 Å². The lowest BCUT2D eigenvalue weighted by atomic mass is 10.1. The smallest absolute Gasteiger partial charge is 0.0598 e. The highest BCUT2D eigenvalue weighted by atomic mass is 35.5. The van der Waals surface area contributed by atoms with Crippen LogP contribution < -0.4 is 0 Å². The van der Waals surface area contributed by atoms with E-state index in [-0.39, 0.29) is 0 Å². The highest BCUT2D eigenvalue weighted by Crippen LogP contribution is 2.26. The third-order valence-corrected chi connectivity index (χ3v) is 2.89. The summed E-state index contributed by atoms with van der Waals surface area (Å²) in [5, 5.41) is 1.17. The molecule has 0 bridgehead atoms. The number of hydrogen-bond donors (Lipinski definition) is 0. The van der Waals surface area contributed by atoms with Crippen molar-refractivity contribution < 1.29 is 0 Å². The zero-order valence-corrected chi connectivity index (χ0v) is 10.1. The molecular weight excluding hydrogens is 238 g/mol. The van der Waals surface area contributed by atoms with Crippen LogP contribution in [0.1, 0.15) is 18.9 Å². The van der Waals surface area contributed by atoms with Crippen molar-refractivity contribution in [2.75, 3.05) is 5.88 Å². The molecular formula is C11H11Cl3. The van der Waals surface area contributed by atoms with E-state index in [0.29, 0.717) is 15.9 Å². The molecule has 0 heterocycles. The Morgan fingerprint density at radius 1 is 1.29 bits per heavy atom. The minimum Gasteiger partial charge on any atom is -0.126 e. The molecule has 0 saturated heterocycles. The van der Waals surface area contributed by atoms with E-state index in [2.05, 4.69) is 6.08 Å². The molecule has 0 atom stereocenters. The van der Waals surface area contributed by atoms with Crippen molar-refractivity contribution >= 4 is 40.4 Å². The summed E-state index contributed by atoms with van der Waals surface area (Å²) >= 11 is 17.3. The van der Waals surface area contributed by atoms with E-state index < -0.39 is 0 Å². The molecule has 0 spiro atoms. The van der Waals surface area contributed by atoms with Gasteiger partial charge in [0.05, 0.1) is 10.0 Å². The van der Waals surface area contributed by atoms with Gasteiger partial charge in [-0.3, -0.25) is 0 Å². The molecule has 1 rings (SSSR count). The zero-order chi connectivity index (χ0) is 10.6. The lowest BCUT2D eigenvalue weighted by Gasteiger charge is -2.03. The van der Waals surface area contributed by atoms with E-state index in [1.54, 1.807) is 6.07 Å². The molecule has 0 radical (unpaired) electrons. The average Bonchev–Trinajstić information content (AvgIpc) is 2.18. The predicted molar refractivity (Wildman–Crippen MR) is 65.5 cm³/mol. The molecule has 0 amide bonds. The van der Waals surface area contributed by atoms with Crippen molar-refractivity contribution in [1.29, 1.82) is 0 Å². The topological polar surface area (TPSA) is 0 Å². The Bertz CT molecular complexity index is 342. The van der Waals surface area contributed by atoms with E-state index in [4.69, 9.17) is 34.8 Å². The van der Waals surface area contributed by atoms with Gasteiger partial charge in [-0.1, -0.05) is 35.3 Å². The Morgan fingerprint density at radius 3 is 2.57 bits per heavy atom. The number of halogens is 3. The fraction of sp³-hybridized carbons (Fsp3) is 0.273. The summed E-state index contributed by atoms with van der Waals surface area (Å²) in [5.74, 6) is 0.638. The molecule has 1 aromatic carbocycles. The third-order valence-electron chi connectivity index (χ3n) is 1.93.